The molecule has 0 bridgehead atoms. The molecule has 0 saturated carbocycles. The van der Waals surface area contributed by atoms with Gasteiger partial charge in [-0.3, -0.25) is 9.48 Å². The number of carbonyl (C=O) groups excluding carboxylic acids is 1. The first-order chi connectivity index (χ1) is 13.1. The SMILES string of the molecule is CCn1c(SCC(=O)NC(C)Cn2cncn2)nnc1-c1ccccc1C. The van der Waals surface area contributed by atoms with Crippen LogP contribution in [0.25, 0.3) is 11.4 Å². The van der Waals surface area contributed by atoms with Gasteiger partial charge in [-0.25, -0.2) is 4.98 Å². The molecule has 1 aromatic carbocycles. The molecule has 8 nitrogen and oxygen atoms in total. The van der Waals surface area contributed by atoms with E-state index in [9.17, 15) is 4.79 Å². The van der Waals surface area contributed by atoms with Crippen molar-refractivity contribution in [3.8, 4) is 11.4 Å². The average Bonchev–Trinajstić information content (AvgIpc) is 3.29. The Bertz CT molecular complexity index is 891. The number of aryl methyl sites for hydroxylation is 1. The third-order valence-electron chi connectivity index (χ3n) is 4.09. The average molecular weight is 385 g/mol. The molecular weight excluding hydrogens is 362 g/mol. The zero-order valence-electron chi connectivity index (χ0n) is 15.7. The van der Waals surface area contributed by atoms with Crippen molar-refractivity contribution in [2.75, 3.05) is 5.75 Å². The number of carbonyl (C=O) groups is 1. The topological polar surface area (TPSA) is 90.5 Å². The molecule has 1 amide bonds. The van der Waals surface area contributed by atoms with Crippen molar-refractivity contribution in [2.24, 2.45) is 0 Å². The minimum Gasteiger partial charge on any atom is -0.351 e. The fourth-order valence-electron chi connectivity index (χ4n) is 2.80. The summed E-state index contributed by atoms with van der Waals surface area (Å²) in [7, 11) is 0. The number of rotatable bonds is 8. The van der Waals surface area contributed by atoms with E-state index < -0.39 is 0 Å². The van der Waals surface area contributed by atoms with E-state index in [1.807, 2.05) is 29.7 Å². The molecule has 3 rings (SSSR count). The number of thioether (sulfide) groups is 1. The van der Waals surface area contributed by atoms with Gasteiger partial charge < -0.3 is 9.88 Å². The van der Waals surface area contributed by atoms with Crippen molar-refractivity contribution in [3.63, 3.8) is 0 Å². The maximum Gasteiger partial charge on any atom is 0.230 e. The minimum atomic E-state index is -0.0456. The Hall–Kier alpha value is -2.68. The molecule has 0 aliphatic rings. The van der Waals surface area contributed by atoms with Gasteiger partial charge >= 0.3 is 0 Å². The molecule has 9 heteroatoms. The van der Waals surface area contributed by atoms with Crippen LogP contribution >= 0.6 is 11.8 Å². The Balaban J connectivity index is 1.61. The van der Waals surface area contributed by atoms with Crippen molar-refractivity contribution in [1.29, 1.82) is 0 Å². The maximum atomic E-state index is 12.3. The molecule has 27 heavy (non-hydrogen) atoms. The molecule has 0 spiro atoms. The van der Waals surface area contributed by atoms with Gasteiger partial charge in [0.05, 0.1) is 12.3 Å². The van der Waals surface area contributed by atoms with E-state index in [2.05, 4.69) is 45.5 Å². The van der Waals surface area contributed by atoms with Gasteiger partial charge in [0, 0.05) is 18.2 Å². The van der Waals surface area contributed by atoms with Crippen LogP contribution in [0.3, 0.4) is 0 Å². The first kappa shape index (κ1) is 19.1. The Morgan fingerprint density at radius 2 is 2.11 bits per heavy atom. The summed E-state index contributed by atoms with van der Waals surface area (Å²) in [6.07, 6.45) is 3.11. The van der Waals surface area contributed by atoms with Gasteiger partial charge in [0.15, 0.2) is 11.0 Å². The van der Waals surface area contributed by atoms with Crippen LogP contribution in [-0.4, -0.2) is 47.2 Å². The van der Waals surface area contributed by atoms with E-state index in [0.29, 0.717) is 6.54 Å². The zero-order valence-corrected chi connectivity index (χ0v) is 16.5. The fourth-order valence-corrected chi connectivity index (χ4v) is 3.62. The van der Waals surface area contributed by atoms with Crippen LogP contribution in [-0.2, 0) is 17.9 Å². The first-order valence-corrected chi connectivity index (χ1v) is 9.80. The molecule has 1 unspecified atom stereocenters. The fraction of sp³-hybridized carbons (Fsp3) is 0.389. The van der Waals surface area contributed by atoms with Crippen LogP contribution in [0.2, 0.25) is 0 Å². The number of nitrogens with zero attached hydrogens (tertiary/aromatic N) is 6. The predicted molar refractivity (Wildman–Crippen MR) is 104 cm³/mol. The smallest absolute Gasteiger partial charge is 0.230 e. The van der Waals surface area contributed by atoms with E-state index in [0.717, 1.165) is 28.7 Å². The molecule has 0 fully saturated rings. The van der Waals surface area contributed by atoms with Crippen LogP contribution in [0.4, 0.5) is 0 Å². The summed E-state index contributed by atoms with van der Waals surface area (Å²) in [6.45, 7) is 7.37. The van der Waals surface area contributed by atoms with Gasteiger partial charge in [0.25, 0.3) is 0 Å². The Morgan fingerprint density at radius 1 is 1.30 bits per heavy atom. The number of benzene rings is 1. The molecule has 2 aromatic heterocycles. The van der Waals surface area contributed by atoms with Crippen LogP contribution < -0.4 is 5.32 Å². The van der Waals surface area contributed by atoms with E-state index in [-0.39, 0.29) is 17.7 Å². The Morgan fingerprint density at radius 3 is 2.81 bits per heavy atom. The quantitative estimate of drug-likeness (QED) is 0.598. The number of nitrogens with one attached hydrogen (secondary N) is 1. The highest BCUT2D eigenvalue weighted by molar-refractivity contribution is 7.99. The monoisotopic (exact) mass is 385 g/mol. The highest BCUT2D eigenvalue weighted by Gasteiger charge is 2.16. The number of amides is 1. The Labute approximate surface area is 162 Å². The summed E-state index contributed by atoms with van der Waals surface area (Å²) in [5.74, 6) is 1.07. The molecular formula is C18H23N7OS. The van der Waals surface area contributed by atoms with Crippen molar-refractivity contribution in [1.82, 2.24) is 34.8 Å². The summed E-state index contributed by atoms with van der Waals surface area (Å²) in [5.41, 5.74) is 2.21. The molecule has 0 radical (unpaired) electrons. The Kier molecular flexibility index (Phi) is 6.23. The van der Waals surface area contributed by atoms with Crippen LogP contribution in [0.5, 0.6) is 0 Å². The predicted octanol–water partition coefficient (Wildman–Crippen LogP) is 2.16. The van der Waals surface area contributed by atoms with E-state index in [4.69, 9.17) is 0 Å². The van der Waals surface area contributed by atoms with Gasteiger partial charge in [-0.2, -0.15) is 5.10 Å². The molecule has 1 N–H and O–H groups in total. The zero-order chi connectivity index (χ0) is 19.2. The molecule has 0 aliphatic heterocycles. The molecule has 142 valence electrons. The third kappa shape index (κ3) is 4.73. The van der Waals surface area contributed by atoms with Crippen LogP contribution in [0.15, 0.2) is 42.1 Å². The number of hydrogen-bond acceptors (Lipinski definition) is 6. The van der Waals surface area contributed by atoms with Crippen molar-refractivity contribution in [3.05, 3.63) is 42.5 Å². The second kappa shape index (κ2) is 8.81. The highest BCUT2D eigenvalue weighted by atomic mass is 32.2. The number of hydrogen-bond donors (Lipinski definition) is 1. The minimum absolute atomic E-state index is 0.0358. The van der Waals surface area contributed by atoms with E-state index in [1.165, 1.54) is 18.1 Å². The van der Waals surface area contributed by atoms with Gasteiger partial charge in [-0.1, -0.05) is 36.0 Å². The summed E-state index contributed by atoms with van der Waals surface area (Å²) in [4.78, 5) is 16.2. The lowest BCUT2D eigenvalue weighted by Gasteiger charge is -2.13. The van der Waals surface area contributed by atoms with Crippen LogP contribution in [0.1, 0.15) is 19.4 Å². The van der Waals surface area contributed by atoms with Crippen LogP contribution in [0, 0.1) is 6.92 Å². The van der Waals surface area contributed by atoms with E-state index in [1.54, 1.807) is 11.0 Å². The third-order valence-corrected chi connectivity index (χ3v) is 5.05. The second-order valence-electron chi connectivity index (χ2n) is 6.24. The maximum absolute atomic E-state index is 12.3. The van der Waals surface area contributed by atoms with Crippen molar-refractivity contribution < 1.29 is 4.79 Å². The summed E-state index contributed by atoms with van der Waals surface area (Å²) < 4.78 is 3.74. The molecule has 3 aromatic rings. The molecule has 0 aliphatic carbocycles. The summed E-state index contributed by atoms with van der Waals surface area (Å²) in [6, 6.07) is 8.06. The lowest BCUT2D eigenvalue weighted by Crippen LogP contribution is -2.36. The van der Waals surface area contributed by atoms with Gasteiger partial charge in [-0.05, 0) is 26.3 Å². The first-order valence-electron chi connectivity index (χ1n) is 8.82. The van der Waals surface area contributed by atoms with E-state index >= 15 is 0 Å². The normalized spacial score (nSPS) is 12.1. The lowest BCUT2D eigenvalue weighted by atomic mass is 10.1. The highest BCUT2D eigenvalue weighted by Crippen LogP contribution is 2.26. The lowest BCUT2D eigenvalue weighted by molar-refractivity contribution is -0.119. The second-order valence-corrected chi connectivity index (χ2v) is 7.18. The number of aromatic nitrogens is 6. The molecule has 2 heterocycles. The van der Waals surface area contributed by atoms with Gasteiger partial charge in [-0.15, -0.1) is 10.2 Å². The summed E-state index contributed by atoms with van der Waals surface area (Å²) >= 11 is 1.39. The standard InChI is InChI=1S/C18H23N7OS/c1-4-25-17(15-8-6-5-7-13(15)2)22-23-18(25)27-10-16(26)21-14(3)9-24-12-19-11-20-24/h5-8,11-12,14H,4,9-10H2,1-3H3,(H,21,26). The largest absolute Gasteiger partial charge is 0.351 e. The van der Waals surface area contributed by atoms with Gasteiger partial charge in [0.1, 0.15) is 12.7 Å². The van der Waals surface area contributed by atoms with Gasteiger partial charge in [0.2, 0.25) is 5.91 Å². The molecule has 0 saturated heterocycles. The molecule has 1 atom stereocenters. The van der Waals surface area contributed by atoms with Crippen molar-refractivity contribution in [2.45, 2.75) is 45.1 Å². The summed E-state index contributed by atoms with van der Waals surface area (Å²) in [5, 5.41) is 16.4. The van der Waals surface area contributed by atoms with Crippen molar-refractivity contribution >= 4 is 17.7 Å².